The molecule has 0 aliphatic carbocycles. The first-order valence-electron chi connectivity index (χ1n) is 8.80. The van der Waals surface area contributed by atoms with Gasteiger partial charge in [0.05, 0.1) is 31.5 Å². The molecule has 0 spiro atoms. The third-order valence-electron chi connectivity index (χ3n) is 4.58. The summed E-state index contributed by atoms with van der Waals surface area (Å²) in [5, 5.41) is 8.88. The lowest BCUT2D eigenvalue weighted by atomic mass is 10.2. The van der Waals surface area contributed by atoms with Crippen LogP contribution in [0.25, 0.3) is 11.3 Å². The Kier molecular flexibility index (Phi) is 6.03. The molecular weight excluding hydrogens is 334 g/mol. The molecule has 2 unspecified atom stereocenters. The first-order valence-corrected chi connectivity index (χ1v) is 8.80. The van der Waals surface area contributed by atoms with E-state index in [2.05, 4.69) is 16.8 Å². The second-order valence-electron chi connectivity index (χ2n) is 6.68. The Morgan fingerprint density at radius 3 is 2.92 bits per heavy atom. The van der Waals surface area contributed by atoms with Crippen molar-refractivity contribution in [2.75, 3.05) is 39.8 Å². The van der Waals surface area contributed by atoms with Crippen LogP contribution in [0.5, 0.6) is 0 Å². The summed E-state index contributed by atoms with van der Waals surface area (Å²) in [5.41, 5.74) is 1.01. The fourth-order valence-electron chi connectivity index (χ4n) is 3.22. The third kappa shape index (κ3) is 4.69. The molecule has 3 rings (SSSR count). The van der Waals surface area contributed by atoms with Gasteiger partial charge in [0.15, 0.2) is 5.76 Å². The SMILES string of the molecule is CC(c1ncc(-c2ccccc2)o1)N1CCOC(CN(C)CC(=O)O)C1. The van der Waals surface area contributed by atoms with Crippen LogP contribution in [0.4, 0.5) is 0 Å². The number of aliphatic carboxylic acids is 1. The molecule has 2 aromatic rings. The maximum atomic E-state index is 10.8. The number of oxazole rings is 1. The van der Waals surface area contributed by atoms with Crippen LogP contribution in [0.3, 0.4) is 0 Å². The number of nitrogens with zero attached hydrogens (tertiary/aromatic N) is 3. The third-order valence-corrected chi connectivity index (χ3v) is 4.58. The van der Waals surface area contributed by atoms with E-state index >= 15 is 0 Å². The summed E-state index contributed by atoms with van der Waals surface area (Å²) in [6.07, 6.45) is 1.74. The molecule has 26 heavy (non-hydrogen) atoms. The van der Waals surface area contributed by atoms with E-state index in [-0.39, 0.29) is 18.7 Å². The van der Waals surface area contributed by atoms with Crippen molar-refractivity contribution in [3.05, 3.63) is 42.4 Å². The Morgan fingerprint density at radius 2 is 2.19 bits per heavy atom. The van der Waals surface area contributed by atoms with Crippen molar-refractivity contribution in [3.63, 3.8) is 0 Å². The average Bonchev–Trinajstić information content (AvgIpc) is 3.11. The summed E-state index contributed by atoms with van der Waals surface area (Å²) in [6.45, 7) is 4.79. The van der Waals surface area contributed by atoms with E-state index in [1.165, 1.54) is 0 Å². The molecule has 0 bridgehead atoms. The van der Waals surface area contributed by atoms with Crippen molar-refractivity contribution in [1.29, 1.82) is 0 Å². The molecule has 0 amide bonds. The standard InChI is InChI=1S/C19H25N3O4/c1-14(19-20-10-17(26-19)15-6-4-3-5-7-15)22-8-9-25-16(12-22)11-21(2)13-18(23)24/h3-7,10,14,16H,8-9,11-13H2,1-2H3,(H,23,24). The number of morpholine rings is 1. The first kappa shape index (κ1) is 18.6. The van der Waals surface area contributed by atoms with Gasteiger partial charge in [-0.1, -0.05) is 30.3 Å². The number of aromatic nitrogens is 1. The number of hydrogen-bond donors (Lipinski definition) is 1. The van der Waals surface area contributed by atoms with Gasteiger partial charge in [0, 0.05) is 25.2 Å². The van der Waals surface area contributed by atoms with Gasteiger partial charge in [0.25, 0.3) is 0 Å². The minimum atomic E-state index is -0.832. The number of rotatable bonds is 7. The highest BCUT2D eigenvalue weighted by atomic mass is 16.5. The molecule has 0 radical (unpaired) electrons. The molecule has 1 saturated heterocycles. The van der Waals surface area contributed by atoms with Crippen LogP contribution >= 0.6 is 0 Å². The average molecular weight is 359 g/mol. The number of carboxylic acid groups (broad SMARTS) is 1. The molecule has 1 N–H and O–H groups in total. The van der Waals surface area contributed by atoms with E-state index in [4.69, 9.17) is 14.3 Å². The number of carbonyl (C=O) groups is 1. The number of benzene rings is 1. The number of likely N-dealkylation sites (N-methyl/N-ethyl adjacent to an activating group) is 1. The van der Waals surface area contributed by atoms with Crippen molar-refractivity contribution in [2.45, 2.75) is 19.1 Å². The highest BCUT2D eigenvalue weighted by Gasteiger charge is 2.28. The van der Waals surface area contributed by atoms with E-state index < -0.39 is 5.97 Å². The van der Waals surface area contributed by atoms with Crippen molar-refractivity contribution in [1.82, 2.24) is 14.8 Å². The number of carboxylic acids is 1. The molecule has 1 aromatic carbocycles. The topological polar surface area (TPSA) is 79.0 Å². The molecular formula is C19H25N3O4. The maximum absolute atomic E-state index is 10.8. The van der Waals surface area contributed by atoms with Crippen LogP contribution in [0.2, 0.25) is 0 Å². The zero-order chi connectivity index (χ0) is 18.5. The van der Waals surface area contributed by atoms with Gasteiger partial charge in [-0.2, -0.15) is 0 Å². The number of hydrogen-bond acceptors (Lipinski definition) is 6. The summed E-state index contributed by atoms with van der Waals surface area (Å²) in [7, 11) is 1.79. The molecule has 0 saturated carbocycles. The normalized spacial score (nSPS) is 19.6. The Morgan fingerprint density at radius 1 is 1.42 bits per heavy atom. The predicted octanol–water partition coefficient (Wildman–Crippen LogP) is 2.12. The highest BCUT2D eigenvalue weighted by molar-refractivity contribution is 5.69. The van der Waals surface area contributed by atoms with Crippen LogP contribution in [0.1, 0.15) is 18.9 Å². The van der Waals surface area contributed by atoms with Gasteiger partial charge in [-0.25, -0.2) is 4.98 Å². The Balaban J connectivity index is 1.61. The molecule has 1 fully saturated rings. The lowest BCUT2D eigenvalue weighted by molar-refractivity contribution is -0.138. The van der Waals surface area contributed by atoms with Gasteiger partial charge in [-0.15, -0.1) is 0 Å². The predicted molar refractivity (Wildman–Crippen MR) is 96.8 cm³/mol. The molecule has 1 aromatic heterocycles. The van der Waals surface area contributed by atoms with Gasteiger partial charge in [-0.3, -0.25) is 14.6 Å². The summed E-state index contributed by atoms with van der Waals surface area (Å²) < 4.78 is 11.8. The molecule has 7 heteroatoms. The summed E-state index contributed by atoms with van der Waals surface area (Å²) in [5.74, 6) is 0.614. The monoisotopic (exact) mass is 359 g/mol. The fraction of sp³-hybridized carbons (Fsp3) is 0.474. The largest absolute Gasteiger partial charge is 0.480 e. The summed E-state index contributed by atoms with van der Waals surface area (Å²) in [6, 6.07) is 9.94. The van der Waals surface area contributed by atoms with E-state index in [9.17, 15) is 4.79 Å². The molecule has 2 heterocycles. The van der Waals surface area contributed by atoms with E-state index in [1.54, 1.807) is 18.1 Å². The highest BCUT2D eigenvalue weighted by Crippen LogP contribution is 2.27. The van der Waals surface area contributed by atoms with Crippen LogP contribution < -0.4 is 0 Å². The zero-order valence-electron chi connectivity index (χ0n) is 15.2. The first-order chi connectivity index (χ1) is 12.5. The van der Waals surface area contributed by atoms with Crippen molar-refractivity contribution in [2.24, 2.45) is 0 Å². The number of ether oxygens (including phenoxy) is 1. The van der Waals surface area contributed by atoms with Crippen LogP contribution in [0.15, 0.2) is 40.9 Å². The smallest absolute Gasteiger partial charge is 0.317 e. The zero-order valence-corrected chi connectivity index (χ0v) is 15.2. The molecule has 2 atom stereocenters. The Labute approximate surface area is 153 Å². The lowest BCUT2D eigenvalue weighted by Crippen LogP contribution is -2.48. The van der Waals surface area contributed by atoms with Gasteiger partial charge in [0.2, 0.25) is 5.89 Å². The molecule has 7 nitrogen and oxygen atoms in total. The second kappa shape index (κ2) is 8.44. The van der Waals surface area contributed by atoms with Gasteiger partial charge in [0.1, 0.15) is 0 Å². The van der Waals surface area contributed by atoms with Gasteiger partial charge < -0.3 is 14.3 Å². The molecule has 1 aliphatic heterocycles. The van der Waals surface area contributed by atoms with Gasteiger partial charge in [-0.05, 0) is 14.0 Å². The maximum Gasteiger partial charge on any atom is 0.317 e. The quantitative estimate of drug-likeness (QED) is 0.811. The van der Waals surface area contributed by atoms with Crippen LogP contribution in [0, 0.1) is 0 Å². The van der Waals surface area contributed by atoms with Gasteiger partial charge >= 0.3 is 5.97 Å². The molecule has 140 valence electrons. The van der Waals surface area contributed by atoms with Crippen molar-refractivity contribution in [3.8, 4) is 11.3 Å². The van der Waals surface area contributed by atoms with E-state index in [0.717, 1.165) is 17.9 Å². The minimum absolute atomic E-state index is 0.00951. The van der Waals surface area contributed by atoms with Crippen LogP contribution in [-0.4, -0.2) is 71.8 Å². The van der Waals surface area contributed by atoms with E-state index in [0.29, 0.717) is 25.6 Å². The fourth-order valence-corrected chi connectivity index (χ4v) is 3.22. The summed E-state index contributed by atoms with van der Waals surface area (Å²) >= 11 is 0. The van der Waals surface area contributed by atoms with Crippen molar-refractivity contribution >= 4 is 5.97 Å². The Hall–Kier alpha value is -2.22. The Bertz CT molecular complexity index is 719. The minimum Gasteiger partial charge on any atom is -0.480 e. The molecule has 1 aliphatic rings. The van der Waals surface area contributed by atoms with Crippen molar-refractivity contribution < 1.29 is 19.1 Å². The second-order valence-corrected chi connectivity index (χ2v) is 6.68. The van der Waals surface area contributed by atoms with Crippen LogP contribution in [-0.2, 0) is 9.53 Å². The summed E-state index contributed by atoms with van der Waals surface area (Å²) in [4.78, 5) is 19.3. The lowest BCUT2D eigenvalue weighted by Gasteiger charge is -2.36. The van der Waals surface area contributed by atoms with E-state index in [1.807, 2.05) is 30.3 Å².